The number of aromatic amines is 1. The molecule has 2 N–H and O–H groups in total. The lowest BCUT2D eigenvalue weighted by molar-refractivity contribution is 0.471. The van der Waals surface area contributed by atoms with Gasteiger partial charge in [0.1, 0.15) is 5.75 Å². The van der Waals surface area contributed by atoms with Gasteiger partial charge >= 0.3 is 0 Å². The second kappa shape index (κ2) is 5.08. The summed E-state index contributed by atoms with van der Waals surface area (Å²) in [7, 11) is 0. The first-order valence-corrected chi connectivity index (χ1v) is 8.31. The smallest absolute Gasteiger partial charge is 0.118 e. The number of aromatic nitrogens is 2. The van der Waals surface area contributed by atoms with Crippen LogP contribution in [-0.2, 0) is 0 Å². The number of phenolic OH excluding ortho intramolecular Hbond substituents is 1. The summed E-state index contributed by atoms with van der Waals surface area (Å²) >= 11 is 0. The molecular weight excluding hydrogens is 308 g/mol. The molecule has 0 amide bonds. The summed E-state index contributed by atoms with van der Waals surface area (Å²) < 4.78 is 0. The zero-order valence-electron chi connectivity index (χ0n) is 13.7. The Morgan fingerprint density at radius 2 is 1.64 bits per heavy atom. The number of para-hydroxylation sites is 2. The Kier molecular flexibility index (Phi) is 2.86. The van der Waals surface area contributed by atoms with Gasteiger partial charge < -0.3 is 10.1 Å². The van der Waals surface area contributed by atoms with Gasteiger partial charge in [0, 0.05) is 27.2 Å². The standard InChI is InChI=1S/C22H16N2O/c1-13-12-14(10-11-19(13)25)21-20-15-6-2-4-8-17(15)24-22(20)16-7-3-5-9-18(16)23-21/h2-12,24-25H,1H3. The van der Waals surface area contributed by atoms with Crippen molar-refractivity contribution in [3.8, 4) is 17.0 Å². The molecule has 2 heterocycles. The van der Waals surface area contributed by atoms with E-state index in [1.54, 1.807) is 6.07 Å². The number of nitrogens with zero attached hydrogens (tertiary/aromatic N) is 1. The van der Waals surface area contributed by atoms with Crippen LogP contribution in [0, 0.1) is 6.92 Å². The highest BCUT2D eigenvalue weighted by molar-refractivity contribution is 6.20. The van der Waals surface area contributed by atoms with E-state index in [4.69, 9.17) is 4.98 Å². The Labute approximate surface area is 144 Å². The molecule has 3 aromatic carbocycles. The van der Waals surface area contributed by atoms with E-state index in [-0.39, 0.29) is 0 Å². The first-order valence-electron chi connectivity index (χ1n) is 8.31. The predicted octanol–water partition coefficient (Wildman–Crippen LogP) is 5.55. The van der Waals surface area contributed by atoms with Gasteiger partial charge in [-0.15, -0.1) is 0 Å². The van der Waals surface area contributed by atoms with Gasteiger partial charge in [-0.25, -0.2) is 4.98 Å². The summed E-state index contributed by atoms with van der Waals surface area (Å²) in [5.41, 5.74) is 5.97. The maximum atomic E-state index is 9.88. The van der Waals surface area contributed by atoms with E-state index in [0.717, 1.165) is 49.5 Å². The average Bonchev–Trinajstić information content (AvgIpc) is 3.03. The fourth-order valence-electron chi connectivity index (χ4n) is 3.56. The molecule has 0 fully saturated rings. The van der Waals surface area contributed by atoms with Crippen LogP contribution in [-0.4, -0.2) is 15.1 Å². The van der Waals surface area contributed by atoms with E-state index in [0.29, 0.717) is 5.75 Å². The summed E-state index contributed by atoms with van der Waals surface area (Å²) in [4.78, 5) is 8.53. The van der Waals surface area contributed by atoms with Crippen LogP contribution >= 0.6 is 0 Å². The third-order valence-corrected chi connectivity index (χ3v) is 4.82. The Balaban J connectivity index is 2.00. The minimum absolute atomic E-state index is 0.305. The number of fused-ring (bicyclic) bond motifs is 5. The molecule has 2 aromatic heterocycles. The maximum absolute atomic E-state index is 9.88. The van der Waals surface area contributed by atoms with Gasteiger partial charge in [-0.05, 0) is 42.8 Å². The van der Waals surface area contributed by atoms with E-state index in [2.05, 4.69) is 29.2 Å². The van der Waals surface area contributed by atoms with Crippen LogP contribution < -0.4 is 0 Å². The lowest BCUT2D eigenvalue weighted by atomic mass is 10.0. The number of phenols is 1. The van der Waals surface area contributed by atoms with Crippen LogP contribution in [0.3, 0.4) is 0 Å². The minimum atomic E-state index is 0.305. The number of benzene rings is 3. The fourth-order valence-corrected chi connectivity index (χ4v) is 3.56. The van der Waals surface area contributed by atoms with Crippen LogP contribution in [0.5, 0.6) is 5.75 Å². The molecular formula is C22H16N2O. The molecule has 0 aliphatic carbocycles. The Morgan fingerprint density at radius 1 is 0.880 bits per heavy atom. The van der Waals surface area contributed by atoms with Crippen LogP contribution in [0.25, 0.3) is 44.0 Å². The zero-order chi connectivity index (χ0) is 17.0. The van der Waals surface area contributed by atoms with Crippen molar-refractivity contribution in [1.82, 2.24) is 9.97 Å². The molecule has 3 nitrogen and oxygen atoms in total. The molecule has 0 saturated heterocycles. The maximum Gasteiger partial charge on any atom is 0.118 e. The molecule has 0 atom stereocenters. The third-order valence-electron chi connectivity index (χ3n) is 4.82. The molecule has 5 aromatic rings. The quantitative estimate of drug-likeness (QED) is 0.425. The molecule has 0 aliphatic heterocycles. The number of nitrogens with one attached hydrogen (secondary N) is 1. The van der Waals surface area contributed by atoms with Crippen LogP contribution in [0.2, 0.25) is 0 Å². The largest absolute Gasteiger partial charge is 0.508 e. The highest BCUT2D eigenvalue weighted by Gasteiger charge is 2.15. The Hall–Kier alpha value is -3.33. The van der Waals surface area contributed by atoms with Gasteiger partial charge in [0.05, 0.1) is 16.7 Å². The molecule has 0 unspecified atom stereocenters. The van der Waals surface area contributed by atoms with Gasteiger partial charge in [0.25, 0.3) is 0 Å². The summed E-state index contributed by atoms with van der Waals surface area (Å²) in [6.45, 7) is 1.91. The first-order chi connectivity index (χ1) is 12.2. The molecule has 5 rings (SSSR count). The molecule has 120 valence electrons. The number of H-pyrrole nitrogens is 1. The van der Waals surface area contributed by atoms with Gasteiger partial charge in [-0.1, -0.05) is 36.4 Å². The van der Waals surface area contributed by atoms with Gasteiger partial charge in [0.15, 0.2) is 0 Å². The van der Waals surface area contributed by atoms with Crippen LogP contribution in [0.1, 0.15) is 5.56 Å². The summed E-state index contributed by atoms with van der Waals surface area (Å²) in [5, 5.41) is 13.3. The van der Waals surface area contributed by atoms with Crippen LogP contribution in [0.4, 0.5) is 0 Å². The minimum Gasteiger partial charge on any atom is -0.508 e. The van der Waals surface area contributed by atoms with Gasteiger partial charge in [-0.2, -0.15) is 0 Å². The van der Waals surface area contributed by atoms with Crippen molar-refractivity contribution in [1.29, 1.82) is 0 Å². The van der Waals surface area contributed by atoms with Gasteiger partial charge in [0.2, 0.25) is 0 Å². The Bertz CT molecular complexity index is 1270. The van der Waals surface area contributed by atoms with Crippen molar-refractivity contribution in [3.05, 3.63) is 72.3 Å². The zero-order valence-corrected chi connectivity index (χ0v) is 13.7. The summed E-state index contributed by atoms with van der Waals surface area (Å²) in [6, 6.07) is 22.2. The second-order valence-corrected chi connectivity index (χ2v) is 6.40. The van der Waals surface area contributed by atoms with E-state index >= 15 is 0 Å². The van der Waals surface area contributed by atoms with E-state index in [9.17, 15) is 5.11 Å². The van der Waals surface area contributed by atoms with Crippen molar-refractivity contribution in [2.75, 3.05) is 0 Å². The monoisotopic (exact) mass is 324 g/mol. The van der Waals surface area contributed by atoms with Crippen molar-refractivity contribution in [2.45, 2.75) is 6.92 Å². The number of pyridine rings is 1. The number of rotatable bonds is 1. The highest BCUT2D eigenvalue weighted by atomic mass is 16.3. The normalized spacial score (nSPS) is 11.6. The Morgan fingerprint density at radius 3 is 2.48 bits per heavy atom. The lowest BCUT2D eigenvalue weighted by Gasteiger charge is -2.09. The number of hydrogen-bond acceptors (Lipinski definition) is 2. The van der Waals surface area contributed by atoms with Crippen molar-refractivity contribution >= 4 is 32.7 Å². The molecule has 25 heavy (non-hydrogen) atoms. The number of hydrogen-bond donors (Lipinski definition) is 2. The van der Waals surface area contributed by atoms with E-state index < -0.39 is 0 Å². The van der Waals surface area contributed by atoms with Crippen LogP contribution in [0.15, 0.2) is 66.7 Å². The molecule has 0 aliphatic rings. The number of aromatic hydroxyl groups is 1. The van der Waals surface area contributed by atoms with Crippen molar-refractivity contribution < 1.29 is 5.11 Å². The number of aryl methyl sites for hydroxylation is 1. The first kappa shape index (κ1) is 14.1. The second-order valence-electron chi connectivity index (χ2n) is 6.40. The molecule has 0 saturated carbocycles. The molecule has 3 heteroatoms. The summed E-state index contributed by atoms with van der Waals surface area (Å²) in [6.07, 6.45) is 0. The average molecular weight is 324 g/mol. The topological polar surface area (TPSA) is 48.9 Å². The fraction of sp³-hybridized carbons (Fsp3) is 0.0455. The molecule has 0 spiro atoms. The van der Waals surface area contributed by atoms with Crippen molar-refractivity contribution in [3.63, 3.8) is 0 Å². The molecule has 0 radical (unpaired) electrons. The predicted molar refractivity (Wildman–Crippen MR) is 103 cm³/mol. The highest BCUT2D eigenvalue weighted by Crippen LogP contribution is 2.37. The molecule has 0 bridgehead atoms. The SMILES string of the molecule is Cc1cc(-c2nc3ccccc3c3[nH]c4ccccc4c23)ccc1O. The van der Waals surface area contributed by atoms with E-state index in [1.807, 2.05) is 43.3 Å². The third kappa shape index (κ3) is 2.02. The van der Waals surface area contributed by atoms with E-state index in [1.165, 1.54) is 0 Å². The van der Waals surface area contributed by atoms with Crippen molar-refractivity contribution in [2.24, 2.45) is 0 Å². The summed E-state index contributed by atoms with van der Waals surface area (Å²) in [5.74, 6) is 0.305. The lowest BCUT2D eigenvalue weighted by Crippen LogP contribution is -1.89. The van der Waals surface area contributed by atoms with Gasteiger partial charge in [-0.3, -0.25) is 0 Å².